The van der Waals surface area contributed by atoms with Gasteiger partial charge in [-0.25, -0.2) is 18.0 Å². The van der Waals surface area contributed by atoms with Crippen LogP contribution in [-0.2, 0) is 33.7 Å². The summed E-state index contributed by atoms with van der Waals surface area (Å²) in [5.41, 5.74) is 1.12. The second kappa shape index (κ2) is 12.7. The minimum Gasteiger partial charge on any atom is -0.451 e. The lowest BCUT2D eigenvalue weighted by Gasteiger charge is -2.40. The third kappa shape index (κ3) is 6.09. The highest BCUT2D eigenvalue weighted by Gasteiger charge is 2.71. The number of nitrogens with one attached hydrogen (secondary N) is 1. The lowest BCUT2D eigenvalue weighted by atomic mass is 9.91. The predicted octanol–water partition coefficient (Wildman–Crippen LogP) is 4.53. The highest BCUT2D eigenvalue weighted by atomic mass is 35.6. The van der Waals surface area contributed by atoms with Gasteiger partial charge in [0.1, 0.15) is 11.4 Å². The van der Waals surface area contributed by atoms with Crippen LogP contribution >= 0.6 is 34.8 Å². The number of hydrogen-bond acceptors (Lipinski definition) is 9. The molecule has 0 radical (unpaired) electrons. The molecule has 3 aromatic rings. The van der Waals surface area contributed by atoms with Crippen molar-refractivity contribution < 1.29 is 37.1 Å². The molecule has 2 atom stereocenters. The van der Waals surface area contributed by atoms with Crippen LogP contribution < -0.4 is 5.32 Å². The second-order valence-corrected chi connectivity index (χ2v) is 15.8. The minimum absolute atomic E-state index is 0.0526. The number of aromatic nitrogens is 1. The molecule has 0 spiro atoms. The number of alkyl halides is 3. The van der Waals surface area contributed by atoms with Gasteiger partial charge in [0.15, 0.2) is 27.4 Å². The van der Waals surface area contributed by atoms with Gasteiger partial charge in [-0.2, -0.15) is 0 Å². The number of pyridine rings is 1. The first-order valence-electron chi connectivity index (χ1n) is 13.7. The van der Waals surface area contributed by atoms with Gasteiger partial charge in [0.25, 0.3) is 15.6 Å². The first kappa shape index (κ1) is 33.4. The molecule has 1 N–H and O–H groups in total. The van der Waals surface area contributed by atoms with Crippen molar-refractivity contribution in [3.05, 3.63) is 107 Å². The van der Waals surface area contributed by atoms with Crippen LogP contribution in [0.5, 0.6) is 0 Å². The van der Waals surface area contributed by atoms with E-state index in [1.165, 1.54) is 26.1 Å². The molecule has 3 amide bonds. The summed E-state index contributed by atoms with van der Waals surface area (Å²) < 4.78 is 34.9. The Labute approximate surface area is 279 Å². The number of imide groups is 1. The molecule has 11 nitrogen and oxygen atoms in total. The SMILES string of the molecule is CC1(C)[C@H](C(=O)OC(c2ccccc2)c2ccccc2)N2C(=O)/C(=C(\COC(=O)NC(=O)C(Cl)(Cl)Cl)c3ccccn3)C2S1(=O)=O. The summed E-state index contributed by atoms with van der Waals surface area (Å²) in [4.78, 5) is 57.2. The zero-order valence-electron chi connectivity index (χ0n) is 24.2. The number of benzene rings is 2. The lowest BCUT2D eigenvalue weighted by molar-refractivity contribution is -0.160. The van der Waals surface area contributed by atoms with E-state index in [1.54, 1.807) is 66.0 Å². The van der Waals surface area contributed by atoms with E-state index in [2.05, 4.69) is 4.98 Å². The van der Waals surface area contributed by atoms with Crippen LogP contribution in [0.2, 0.25) is 0 Å². The summed E-state index contributed by atoms with van der Waals surface area (Å²) in [6, 6.07) is 21.0. The average molecular weight is 707 g/mol. The molecule has 2 saturated heterocycles. The number of nitrogens with zero attached hydrogens (tertiary/aromatic N) is 2. The van der Waals surface area contributed by atoms with Crippen molar-refractivity contribution in [1.29, 1.82) is 0 Å². The van der Waals surface area contributed by atoms with E-state index in [0.29, 0.717) is 11.1 Å². The molecule has 1 aromatic heterocycles. The monoisotopic (exact) mass is 705 g/mol. The molecule has 5 rings (SSSR count). The van der Waals surface area contributed by atoms with Crippen molar-refractivity contribution in [3.63, 3.8) is 0 Å². The first-order chi connectivity index (χ1) is 21.7. The molecule has 0 aliphatic carbocycles. The third-order valence-corrected chi connectivity index (χ3v) is 11.0. The number of ether oxygens (including phenoxy) is 2. The van der Waals surface area contributed by atoms with E-state index in [4.69, 9.17) is 44.3 Å². The molecule has 3 heterocycles. The summed E-state index contributed by atoms with van der Waals surface area (Å²) in [7, 11) is -4.28. The first-order valence-corrected chi connectivity index (χ1v) is 16.4. The third-order valence-electron chi connectivity index (χ3n) is 7.71. The number of amides is 3. The normalized spacial score (nSPS) is 20.7. The zero-order chi connectivity index (χ0) is 33.4. The van der Waals surface area contributed by atoms with Crippen molar-refractivity contribution in [2.45, 2.75) is 39.9 Å². The maximum absolute atomic E-state index is 14.0. The molecule has 2 aliphatic heterocycles. The predicted molar refractivity (Wildman–Crippen MR) is 169 cm³/mol. The number of fused-ring (bicyclic) bond motifs is 1. The second-order valence-electron chi connectivity index (χ2n) is 10.9. The van der Waals surface area contributed by atoms with Gasteiger partial charge in [-0.1, -0.05) is 102 Å². The molecule has 46 heavy (non-hydrogen) atoms. The Hall–Kier alpha value is -3.97. The maximum Gasteiger partial charge on any atom is 0.414 e. The van der Waals surface area contributed by atoms with E-state index in [9.17, 15) is 27.6 Å². The Bertz CT molecular complexity index is 1780. The number of carbonyl (C=O) groups is 4. The highest BCUT2D eigenvalue weighted by molar-refractivity contribution is 7.94. The van der Waals surface area contributed by atoms with Gasteiger partial charge >= 0.3 is 12.1 Å². The summed E-state index contributed by atoms with van der Waals surface area (Å²) in [5, 5.41) is 0.164. The zero-order valence-corrected chi connectivity index (χ0v) is 27.3. The number of esters is 1. The van der Waals surface area contributed by atoms with Crippen LogP contribution in [0.4, 0.5) is 4.79 Å². The summed E-state index contributed by atoms with van der Waals surface area (Å²) in [5.74, 6) is -2.99. The van der Waals surface area contributed by atoms with E-state index in [0.717, 1.165) is 4.90 Å². The highest BCUT2D eigenvalue weighted by Crippen LogP contribution is 2.51. The lowest BCUT2D eigenvalue weighted by Crippen LogP contribution is -2.59. The van der Waals surface area contributed by atoms with E-state index < -0.39 is 66.4 Å². The standard InChI is InChI=1S/C31H26Cl3N3O8S/c1-30(2)24(27(39)45-23(18-11-5-3-6-12-18)19-13-7-4-8-14-19)37-25(38)22(26(37)46(30,42)43)20(21-15-9-10-16-35-21)17-44-29(41)36-28(40)31(32,33)34/h3-16,23-24,26H,17H2,1-2H3,(H,36,40,41)/b22-20-/t24-,26?/m0/s1. The number of β-lactam (4-membered cyclic amide) rings is 1. The van der Waals surface area contributed by atoms with Crippen molar-refractivity contribution in [1.82, 2.24) is 15.2 Å². The van der Waals surface area contributed by atoms with Crippen LogP contribution in [0.25, 0.3) is 5.57 Å². The van der Waals surface area contributed by atoms with Gasteiger partial charge in [-0.15, -0.1) is 0 Å². The Balaban J connectivity index is 1.50. The van der Waals surface area contributed by atoms with Crippen molar-refractivity contribution in [2.24, 2.45) is 0 Å². The molecule has 0 bridgehead atoms. The largest absolute Gasteiger partial charge is 0.451 e. The van der Waals surface area contributed by atoms with Crippen LogP contribution in [0, 0.1) is 0 Å². The summed E-state index contributed by atoms with van der Waals surface area (Å²) in [6.45, 7) is 2.02. The smallest absolute Gasteiger partial charge is 0.414 e. The number of hydrogen-bond donors (Lipinski definition) is 1. The molecule has 240 valence electrons. The Morgan fingerprint density at radius 3 is 2.04 bits per heavy atom. The van der Waals surface area contributed by atoms with Crippen LogP contribution in [0.15, 0.2) is 90.6 Å². The number of rotatable bonds is 7. The number of halogens is 3. The fourth-order valence-corrected chi connectivity index (χ4v) is 7.68. The number of carbonyl (C=O) groups excluding carboxylic acids is 4. The molecule has 0 saturated carbocycles. The molecular weight excluding hydrogens is 681 g/mol. The Morgan fingerprint density at radius 1 is 0.957 bits per heavy atom. The van der Waals surface area contributed by atoms with E-state index in [-0.39, 0.29) is 16.8 Å². The average Bonchev–Trinajstić information content (AvgIpc) is 3.17. The van der Waals surface area contributed by atoms with Crippen LogP contribution in [0.1, 0.15) is 36.8 Å². The topological polar surface area (TPSA) is 149 Å². The van der Waals surface area contributed by atoms with Gasteiger partial charge in [0, 0.05) is 11.8 Å². The molecule has 1 unspecified atom stereocenters. The van der Waals surface area contributed by atoms with Crippen LogP contribution in [0.3, 0.4) is 0 Å². The van der Waals surface area contributed by atoms with Crippen molar-refractivity contribution in [2.75, 3.05) is 6.61 Å². The van der Waals surface area contributed by atoms with Gasteiger partial charge < -0.3 is 14.4 Å². The van der Waals surface area contributed by atoms with Crippen molar-refractivity contribution in [3.8, 4) is 0 Å². The molecular formula is C31H26Cl3N3O8S. The van der Waals surface area contributed by atoms with Crippen LogP contribution in [-0.4, -0.2) is 68.7 Å². The fourth-order valence-electron chi connectivity index (χ4n) is 5.37. The molecule has 2 aromatic carbocycles. The molecule has 2 aliphatic rings. The maximum atomic E-state index is 14.0. The van der Waals surface area contributed by atoms with Gasteiger partial charge in [-0.05, 0) is 37.1 Å². The molecule has 2 fully saturated rings. The van der Waals surface area contributed by atoms with Gasteiger partial charge in [0.2, 0.25) is 0 Å². The molecule has 15 heteroatoms. The summed E-state index contributed by atoms with van der Waals surface area (Å²) in [6.07, 6.45) is -0.813. The minimum atomic E-state index is -4.28. The van der Waals surface area contributed by atoms with E-state index >= 15 is 0 Å². The van der Waals surface area contributed by atoms with E-state index in [1.807, 2.05) is 12.1 Å². The number of sulfone groups is 1. The fraction of sp³-hybridized carbons (Fsp3) is 0.258. The number of alkyl carbamates (subject to hydrolysis) is 1. The Kier molecular flexibility index (Phi) is 9.20. The quantitative estimate of drug-likeness (QED) is 0.162. The van der Waals surface area contributed by atoms with Crippen molar-refractivity contribution >= 4 is 74.1 Å². The van der Waals surface area contributed by atoms with Gasteiger partial charge in [0.05, 0.1) is 11.3 Å². The summed E-state index contributed by atoms with van der Waals surface area (Å²) >= 11 is 16.5. The van der Waals surface area contributed by atoms with Gasteiger partial charge in [-0.3, -0.25) is 19.9 Å². The Morgan fingerprint density at radius 2 is 1.52 bits per heavy atom.